The molecule has 0 bridgehead atoms. The van der Waals surface area contributed by atoms with Gasteiger partial charge in [-0.05, 0) is 18.8 Å². The van der Waals surface area contributed by atoms with Gasteiger partial charge in [0.1, 0.15) is 6.10 Å². The SMILES string of the molecule is Cn1cc(C(=O)C(O)C2CC2)cn1. The number of carbonyl (C=O) groups excluding carboxylic acids is 1. The van der Waals surface area contributed by atoms with Crippen molar-refractivity contribution in [3.8, 4) is 0 Å². The van der Waals surface area contributed by atoms with Gasteiger partial charge in [0.15, 0.2) is 5.78 Å². The Balaban J connectivity index is 2.11. The molecule has 0 aromatic carbocycles. The number of hydrogen-bond acceptors (Lipinski definition) is 3. The summed E-state index contributed by atoms with van der Waals surface area (Å²) < 4.78 is 1.56. The molecule has 0 saturated heterocycles. The Hall–Kier alpha value is -1.16. The van der Waals surface area contributed by atoms with Gasteiger partial charge in [0.25, 0.3) is 0 Å². The average molecular weight is 180 g/mol. The average Bonchev–Trinajstić information content (AvgIpc) is 2.87. The van der Waals surface area contributed by atoms with Crippen molar-refractivity contribution in [3.63, 3.8) is 0 Å². The number of ketones is 1. The van der Waals surface area contributed by atoms with Crippen LogP contribution in [0.4, 0.5) is 0 Å². The fraction of sp³-hybridized carbons (Fsp3) is 0.556. The number of aryl methyl sites for hydroxylation is 1. The Morgan fingerprint density at radius 1 is 1.77 bits per heavy atom. The van der Waals surface area contributed by atoms with E-state index in [2.05, 4.69) is 5.10 Å². The highest BCUT2D eigenvalue weighted by atomic mass is 16.3. The van der Waals surface area contributed by atoms with Crippen molar-refractivity contribution < 1.29 is 9.90 Å². The second-order valence-corrected chi connectivity index (χ2v) is 3.55. The zero-order valence-electron chi connectivity index (χ0n) is 7.47. The van der Waals surface area contributed by atoms with Crippen LogP contribution in [0.3, 0.4) is 0 Å². The normalized spacial score (nSPS) is 18.6. The van der Waals surface area contributed by atoms with Crippen molar-refractivity contribution in [2.45, 2.75) is 18.9 Å². The predicted octanol–water partition coefficient (Wildman–Crippen LogP) is 0.374. The smallest absolute Gasteiger partial charge is 0.194 e. The molecule has 1 heterocycles. The first-order valence-electron chi connectivity index (χ1n) is 4.39. The lowest BCUT2D eigenvalue weighted by Crippen LogP contribution is -2.22. The molecule has 4 nitrogen and oxygen atoms in total. The molecule has 1 N–H and O–H groups in total. The highest BCUT2D eigenvalue weighted by Crippen LogP contribution is 2.33. The van der Waals surface area contributed by atoms with E-state index in [4.69, 9.17) is 0 Å². The number of aliphatic hydroxyl groups excluding tert-OH is 1. The first-order valence-corrected chi connectivity index (χ1v) is 4.39. The third-order valence-corrected chi connectivity index (χ3v) is 2.33. The van der Waals surface area contributed by atoms with E-state index in [1.165, 1.54) is 6.20 Å². The first kappa shape index (κ1) is 8.44. The van der Waals surface area contributed by atoms with Crippen LogP contribution in [0.25, 0.3) is 0 Å². The molecule has 0 aliphatic heterocycles. The van der Waals surface area contributed by atoms with Gasteiger partial charge in [-0.1, -0.05) is 0 Å². The molecule has 1 fully saturated rings. The van der Waals surface area contributed by atoms with Crippen LogP contribution in [0.2, 0.25) is 0 Å². The van der Waals surface area contributed by atoms with Gasteiger partial charge >= 0.3 is 0 Å². The van der Waals surface area contributed by atoms with E-state index in [0.717, 1.165) is 12.8 Å². The van der Waals surface area contributed by atoms with Gasteiger partial charge in [-0.15, -0.1) is 0 Å². The monoisotopic (exact) mass is 180 g/mol. The molecule has 0 spiro atoms. The summed E-state index contributed by atoms with van der Waals surface area (Å²) in [5.74, 6) is -0.0108. The lowest BCUT2D eigenvalue weighted by Gasteiger charge is -2.04. The zero-order valence-corrected chi connectivity index (χ0v) is 7.47. The van der Waals surface area contributed by atoms with Crippen molar-refractivity contribution >= 4 is 5.78 Å². The molecule has 70 valence electrons. The Bertz CT molecular complexity index is 328. The molecule has 2 rings (SSSR count). The topological polar surface area (TPSA) is 55.1 Å². The minimum Gasteiger partial charge on any atom is -0.385 e. The summed E-state index contributed by atoms with van der Waals surface area (Å²) in [6.07, 6.45) is 4.24. The third-order valence-electron chi connectivity index (χ3n) is 2.33. The number of hydrogen-bond donors (Lipinski definition) is 1. The highest BCUT2D eigenvalue weighted by molar-refractivity contribution is 5.99. The van der Waals surface area contributed by atoms with Gasteiger partial charge < -0.3 is 5.11 Å². The maximum Gasteiger partial charge on any atom is 0.194 e. The van der Waals surface area contributed by atoms with Crippen molar-refractivity contribution in [2.24, 2.45) is 13.0 Å². The van der Waals surface area contributed by atoms with E-state index in [1.54, 1.807) is 17.9 Å². The van der Waals surface area contributed by atoms with Crippen LogP contribution in [-0.4, -0.2) is 26.8 Å². The van der Waals surface area contributed by atoms with Crippen LogP contribution < -0.4 is 0 Å². The largest absolute Gasteiger partial charge is 0.385 e. The molecule has 1 saturated carbocycles. The van der Waals surface area contributed by atoms with Gasteiger partial charge in [-0.25, -0.2) is 0 Å². The maximum absolute atomic E-state index is 11.5. The van der Waals surface area contributed by atoms with Crippen molar-refractivity contribution in [2.75, 3.05) is 0 Å². The Morgan fingerprint density at radius 3 is 2.92 bits per heavy atom. The van der Waals surface area contributed by atoms with E-state index in [-0.39, 0.29) is 11.7 Å². The van der Waals surface area contributed by atoms with Crippen molar-refractivity contribution in [1.29, 1.82) is 0 Å². The molecule has 13 heavy (non-hydrogen) atoms. The fourth-order valence-electron chi connectivity index (χ4n) is 1.35. The summed E-state index contributed by atoms with van der Waals surface area (Å²) in [6.45, 7) is 0. The molecular formula is C9H12N2O2. The minimum atomic E-state index is -0.816. The third kappa shape index (κ3) is 1.62. The van der Waals surface area contributed by atoms with Gasteiger partial charge in [-0.3, -0.25) is 9.48 Å². The summed E-state index contributed by atoms with van der Waals surface area (Å²) in [6, 6.07) is 0. The molecule has 1 aromatic heterocycles. The van der Waals surface area contributed by atoms with E-state index >= 15 is 0 Å². The molecule has 0 radical (unpaired) electrons. The lowest BCUT2D eigenvalue weighted by atomic mass is 10.1. The fourth-order valence-corrected chi connectivity index (χ4v) is 1.35. The summed E-state index contributed by atoms with van der Waals surface area (Å²) in [4.78, 5) is 11.5. The Labute approximate surface area is 76.2 Å². The molecule has 4 heteroatoms. The quantitative estimate of drug-likeness (QED) is 0.684. The number of aliphatic hydroxyl groups is 1. The van der Waals surface area contributed by atoms with E-state index in [0.29, 0.717) is 5.56 Å². The number of Topliss-reactive ketones (excluding diaryl/α,β-unsaturated/α-hetero) is 1. The summed E-state index contributed by atoms with van der Waals surface area (Å²) in [5, 5.41) is 13.4. The molecule has 0 amide bonds. The predicted molar refractivity (Wildman–Crippen MR) is 46.3 cm³/mol. The van der Waals surface area contributed by atoms with Crippen molar-refractivity contribution in [3.05, 3.63) is 18.0 Å². The molecule has 1 atom stereocenters. The molecular weight excluding hydrogens is 168 g/mol. The van der Waals surface area contributed by atoms with Crippen LogP contribution in [0.5, 0.6) is 0 Å². The summed E-state index contributed by atoms with van der Waals surface area (Å²) >= 11 is 0. The van der Waals surface area contributed by atoms with E-state index in [9.17, 15) is 9.90 Å². The summed E-state index contributed by atoms with van der Waals surface area (Å²) in [5.41, 5.74) is 0.502. The van der Waals surface area contributed by atoms with Crippen LogP contribution in [0.1, 0.15) is 23.2 Å². The molecule has 1 aliphatic carbocycles. The lowest BCUT2D eigenvalue weighted by molar-refractivity contribution is 0.0704. The number of nitrogens with zero attached hydrogens (tertiary/aromatic N) is 2. The maximum atomic E-state index is 11.5. The number of aromatic nitrogens is 2. The number of rotatable bonds is 3. The van der Waals surface area contributed by atoms with Gasteiger partial charge in [0, 0.05) is 13.2 Å². The van der Waals surface area contributed by atoms with Gasteiger partial charge in [0.2, 0.25) is 0 Å². The standard InChI is InChI=1S/C9H12N2O2/c1-11-5-7(4-10-11)9(13)8(12)6-2-3-6/h4-6,8,12H,2-3H2,1H3. The molecule has 1 aromatic rings. The Morgan fingerprint density at radius 2 is 2.46 bits per heavy atom. The van der Waals surface area contributed by atoms with Gasteiger partial charge in [0.05, 0.1) is 11.8 Å². The highest BCUT2D eigenvalue weighted by Gasteiger charge is 2.35. The molecule has 1 unspecified atom stereocenters. The van der Waals surface area contributed by atoms with Gasteiger partial charge in [-0.2, -0.15) is 5.10 Å². The molecule has 1 aliphatic rings. The minimum absolute atomic E-state index is 0.188. The first-order chi connectivity index (χ1) is 6.18. The van der Waals surface area contributed by atoms with E-state index < -0.39 is 6.10 Å². The summed E-state index contributed by atoms with van der Waals surface area (Å²) in [7, 11) is 1.75. The van der Waals surface area contributed by atoms with Crippen LogP contribution in [0, 0.1) is 5.92 Å². The Kier molecular flexibility index (Phi) is 1.92. The van der Waals surface area contributed by atoms with Crippen LogP contribution >= 0.6 is 0 Å². The zero-order chi connectivity index (χ0) is 9.42. The van der Waals surface area contributed by atoms with E-state index in [1.807, 2.05) is 0 Å². The van der Waals surface area contributed by atoms with Crippen LogP contribution in [0.15, 0.2) is 12.4 Å². The number of carbonyl (C=O) groups is 1. The second-order valence-electron chi connectivity index (χ2n) is 3.55. The second kappa shape index (κ2) is 2.96. The van der Waals surface area contributed by atoms with Crippen LogP contribution in [-0.2, 0) is 7.05 Å². The van der Waals surface area contributed by atoms with Crippen molar-refractivity contribution in [1.82, 2.24) is 9.78 Å².